The van der Waals surface area contributed by atoms with Gasteiger partial charge in [0, 0.05) is 5.92 Å². The molecule has 0 aromatic heterocycles. The van der Waals surface area contributed by atoms with Gasteiger partial charge < -0.3 is 0 Å². The summed E-state index contributed by atoms with van der Waals surface area (Å²) in [6, 6.07) is 95.3. The van der Waals surface area contributed by atoms with Gasteiger partial charge in [0.1, 0.15) is 0 Å². The van der Waals surface area contributed by atoms with Crippen LogP contribution in [0.15, 0.2) is 267 Å². The zero-order chi connectivity index (χ0) is 49.8. The number of rotatable bonds is 7. The molecule has 0 heterocycles. The minimum atomic E-state index is 0.240. The maximum atomic E-state index is 2.48. The van der Waals surface area contributed by atoms with Crippen LogP contribution in [-0.2, 0) is 6.42 Å². The molecule has 0 bridgehead atoms. The molecule has 0 saturated heterocycles. The van der Waals surface area contributed by atoms with Gasteiger partial charge in [0.05, 0.1) is 0 Å². The van der Waals surface area contributed by atoms with Crippen molar-refractivity contribution in [2.24, 2.45) is 0 Å². The van der Waals surface area contributed by atoms with Gasteiger partial charge in [-0.05, 0) is 166 Å². The molecular weight excluding hydrogens is 913 g/mol. The summed E-state index contributed by atoms with van der Waals surface area (Å²) in [5.41, 5.74) is 21.8. The lowest BCUT2D eigenvalue weighted by molar-refractivity contribution is 1.08. The van der Waals surface area contributed by atoms with Gasteiger partial charge in [-0.2, -0.15) is 0 Å². The highest BCUT2D eigenvalue weighted by atomic mass is 14.3. The fourth-order valence-electron chi connectivity index (χ4n) is 13.2. The summed E-state index contributed by atoms with van der Waals surface area (Å²) >= 11 is 0. The first-order chi connectivity index (χ1) is 37.6. The number of hydrogen-bond donors (Lipinski definition) is 0. The van der Waals surface area contributed by atoms with Gasteiger partial charge in [-0.1, -0.05) is 273 Å². The second-order valence-electron chi connectivity index (χ2n) is 21.0. The minimum Gasteiger partial charge on any atom is -0.0753 e. The molecule has 0 saturated carbocycles. The fraction of sp³-hybridized carbons (Fsp3) is 0.0263. The monoisotopic (exact) mass is 960 g/mol. The van der Waals surface area contributed by atoms with Crippen molar-refractivity contribution in [1.82, 2.24) is 0 Å². The van der Waals surface area contributed by atoms with E-state index in [0.29, 0.717) is 0 Å². The van der Waals surface area contributed by atoms with E-state index >= 15 is 0 Å². The average molecular weight is 961 g/mol. The third kappa shape index (κ3) is 6.77. The molecule has 0 fully saturated rings. The molecule has 1 atom stereocenters. The van der Waals surface area contributed by atoms with Crippen molar-refractivity contribution < 1.29 is 0 Å². The predicted octanol–water partition coefficient (Wildman–Crippen LogP) is 20.8. The lowest BCUT2D eigenvalue weighted by atomic mass is 9.74. The van der Waals surface area contributed by atoms with Crippen LogP contribution in [-0.4, -0.2) is 0 Å². The molecule has 14 aromatic carbocycles. The Balaban J connectivity index is 0.663. The Bertz CT molecular complexity index is 4710. The first-order valence-corrected chi connectivity index (χ1v) is 26.7. The highest BCUT2D eigenvalue weighted by molar-refractivity contribution is 6.27. The Morgan fingerprint density at radius 1 is 0.289 bits per heavy atom. The van der Waals surface area contributed by atoms with E-state index in [1.807, 2.05) is 0 Å². The van der Waals surface area contributed by atoms with E-state index in [9.17, 15) is 0 Å². The molecule has 0 amide bonds. The van der Waals surface area contributed by atoms with Gasteiger partial charge in [-0.15, -0.1) is 0 Å². The van der Waals surface area contributed by atoms with E-state index in [-0.39, 0.29) is 5.92 Å². The van der Waals surface area contributed by atoms with Gasteiger partial charge in [0.15, 0.2) is 0 Å². The molecule has 0 nitrogen and oxygen atoms in total. The topological polar surface area (TPSA) is 0 Å². The van der Waals surface area contributed by atoms with Crippen molar-refractivity contribution in [2.45, 2.75) is 12.3 Å². The third-order valence-electron chi connectivity index (χ3n) is 17.0. The molecule has 1 unspecified atom stereocenters. The molecule has 2 aliphatic carbocycles. The summed E-state index contributed by atoms with van der Waals surface area (Å²) in [7, 11) is 0. The highest BCUT2D eigenvalue weighted by Gasteiger charge is 2.28. The maximum absolute atomic E-state index is 2.48. The smallest absolute Gasteiger partial charge is 0.0276 e. The highest BCUT2D eigenvalue weighted by Crippen LogP contribution is 2.49. The van der Waals surface area contributed by atoms with Crippen molar-refractivity contribution in [3.05, 3.63) is 289 Å². The molecule has 352 valence electrons. The number of allylic oxidation sites excluding steroid dienone is 3. The second-order valence-corrected chi connectivity index (χ2v) is 21.0. The lowest BCUT2D eigenvalue weighted by Crippen LogP contribution is -2.10. The van der Waals surface area contributed by atoms with Crippen LogP contribution in [0.3, 0.4) is 0 Å². The Morgan fingerprint density at radius 2 is 0.737 bits per heavy atom. The van der Waals surface area contributed by atoms with E-state index in [2.05, 4.69) is 273 Å². The lowest BCUT2D eigenvalue weighted by Gasteiger charge is -2.30. The van der Waals surface area contributed by atoms with Crippen LogP contribution in [0.2, 0.25) is 0 Å². The van der Waals surface area contributed by atoms with E-state index in [4.69, 9.17) is 0 Å². The van der Waals surface area contributed by atoms with Crippen LogP contribution in [0.5, 0.6) is 0 Å². The summed E-state index contributed by atoms with van der Waals surface area (Å²) in [6.45, 7) is 0. The van der Waals surface area contributed by atoms with Crippen LogP contribution in [0, 0.1) is 0 Å². The largest absolute Gasteiger partial charge is 0.0753 e. The van der Waals surface area contributed by atoms with Gasteiger partial charge in [0.2, 0.25) is 0 Å². The predicted molar refractivity (Wildman–Crippen MR) is 325 cm³/mol. The van der Waals surface area contributed by atoms with Gasteiger partial charge >= 0.3 is 0 Å². The summed E-state index contributed by atoms with van der Waals surface area (Å²) in [6.07, 6.45) is 8.18. The first-order valence-electron chi connectivity index (χ1n) is 26.7. The van der Waals surface area contributed by atoms with E-state index < -0.39 is 0 Å². The molecule has 0 heteroatoms. The van der Waals surface area contributed by atoms with Crippen molar-refractivity contribution in [3.8, 4) is 66.8 Å². The molecule has 0 radical (unpaired) electrons. The molecule has 2 aliphatic rings. The molecule has 0 N–H and O–H groups in total. The van der Waals surface area contributed by atoms with E-state index in [1.165, 1.54) is 159 Å². The van der Waals surface area contributed by atoms with Gasteiger partial charge in [0.25, 0.3) is 0 Å². The number of fused-ring (bicyclic) bond motifs is 2. The van der Waals surface area contributed by atoms with Crippen LogP contribution in [0.1, 0.15) is 28.2 Å². The minimum absolute atomic E-state index is 0.240. The van der Waals surface area contributed by atoms with Crippen molar-refractivity contribution in [1.29, 1.82) is 0 Å². The fourth-order valence-corrected chi connectivity index (χ4v) is 13.2. The second kappa shape index (κ2) is 17.0. The van der Waals surface area contributed by atoms with Crippen molar-refractivity contribution in [3.63, 3.8) is 0 Å². The van der Waals surface area contributed by atoms with E-state index in [0.717, 1.165) is 6.42 Å². The number of hydrogen-bond acceptors (Lipinski definition) is 0. The van der Waals surface area contributed by atoms with Crippen LogP contribution in [0.25, 0.3) is 143 Å². The Morgan fingerprint density at radius 3 is 1.33 bits per heavy atom. The Labute approximate surface area is 442 Å². The van der Waals surface area contributed by atoms with Gasteiger partial charge in [-0.25, -0.2) is 0 Å². The summed E-state index contributed by atoms with van der Waals surface area (Å²) in [4.78, 5) is 0. The van der Waals surface area contributed by atoms with Crippen LogP contribution < -0.4 is 0 Å². The molecular formula is C76H48. The molecule has 0 aliphatic heterocycles. The zero-order valence-corrected chi connectivity index (χ0v) is 41.8. The molecule has 0 spiro atoms. The van der Waals surface area contributed by atoms with Crippen LogP contribution >= 0.6 is 0 Å². The quantitative estimate of drug-likeness (QED) is 0.140. The Kier molecular flexibility index (Phi) is 9.56. The molecule has 14 aromatic rings. The van der Waals surface area contributed by atoms with Crippen molar-refractivity contribution >= 4 is 76.3 Å². The Hall–Kier alpha value is -9.62. The average Bonchev–Trinajstić information content (AvgIpc) is 3.59. The van der Waals surface area contributed by atoms with Crippen molar-refractivity contribution in [2.75, 3.05) is 0 Å². The zero-order valence-electron chi connectivity index (χ0n) is 41.8. The number of benzene rings is 14. The third-order valence-corrected chi connectivity index (χ3v) is 17.0. The van der Waals surface area contributed by atoms with Gasteiger partial charge in [-0.3, -0.25) is 0 Å². The SMILES string of the molecule is C1=CC(c2ccc3ccccc3c2)C2=CCc3ccc(-c4ccc(-c5ccc(-c6ccc(-c7ccc8ccc9c(-c%10ccc(-c%11cccc%12ccccc%11%12)cc%10)ccc%10ccc7c8c%109)cc6)cc5)cc4)c4ccc1c2c34. The summed E-state index contributed by atoms with van der Waals surface area (Å²) in [5.74, 6) is 0.240. The molecule has 16 rings (SSSR count). The standard InChI is InChI=1S/C76H48/c1-2-8-61-46-62(29-20-47(61)6-1)68-41-33-60-36-44-70-66(39-31-59-37-45-72(68)76(60)75(59)70)55-23-18-51(19-24-55)49-14-12-48(13-15-49)50-16-21-54(22-17-50)65-38-30-57-35-43-71-67(40-32-58-34-42-69(65)73(57)74(58)71)56-27-25-53(26-28-56)64-11-5-9-52-7-3-4-10-63(52)64/h1-36,38-46,68H,37H2. The molecule has 76 heavy (non-hydrogen) atoms. The normalized spacial score (nSPS) is 13.9. The summed E-state index contributed by atoms with van der Waals surface area (Å²) in [5, 5.41) is 15.7. The first kappa shape index (κ1) is 42.8. The van der Waals surface area contributed by atoms with E-state index in [1.54, 1.807) is 0 Å². The van der Waals surface area contributed by atoms with Crippen LogP contribution in [0.4, 0.5) is 0 Å². The maximum Gasteiger partial charge on any atom is 0.0276 e. The summed E-state index contributed by atoms with van der Waals surface area (Å²) < 4.78 is 0.